The first-order valence-electron chi connectivity index (χ1n) is 9.02. The number of aromatic nitrogens is 3. The van der Waals surface area contributed by atoms with E-state index in [1.807, 2.05) is 24.3 Å². The monoisotopic (exact) mass is 454 g/mol. The highest BCUT2D eigenvalue weighted by molar-refractivity contribution is 7.71. The Morgan fingerprint density at radius 1 is 1.13 bits per heavy atom. The van der Waals surface area contributed by atoms with Gasteiger partial charge in [0.15, 0.2) is 0 Å². The Morgan fingerprint density at radius 2 is 1.87 bits per heavy atom. The van der Waals surface area contributed by atoms with Crippen LogP contribution in [0, 0.1) is 0 Å². The molecule has 1 aromatic carbocycles. The Hall–Kier alpha value is -2.63. The molecular weight excluding hydrogens is 434 g/mol. The van der Waals surface area contributed by atoms with Crippen molar-refractivity contribution in [3.8, 4) is 10.4 Å². The van der Waals surface area contributed by atoms with Crippen LogP contribution in [0.3, 0.4) is 0 Å². The highest BCUT2D eigenvalue weighted by Crippen LogP contribution is 2.28. The lowest BCUT2D eigenvalue weighted by atomic mass is 10.1. The molecular formula is C19H20F2N4O3S2. The van der Waals surface area contributed by atoms with Gasteiger partial charge < -0.3 is 5.73 Å². The number of thiol groups is 1. The predicted octanol–water partition coefficient (Wildman–Crippen LogP) is 2.24. The summed E-state index contributed by atoms with van der Waals surface area (Å²) in [5.74, 6) is 0.0221. The first-order valence-corrected chi connectivity index (χ1v) is 11.2. The molecule has 0 unspecified atom stereocenters. The first-order chi connectivity index (χ1) is 14.4. The van der Waals surface area contributed by atoms with Crippen molar-refractivity contribution in [2.24, 2.45) is 5.73 Å². The standard InChI is InChI=1S/C19H20F2N4O3S2/c20-18(21)15(9-22)10-25-19(26)24(12-23-25)8-7-16-5-6-17(29-16)14-3-1-13(2-4-14)11-30(27)28/h1-6,12,30H,7-11,22H2. The summed E-state index contributed by atoms with van der Waals surface area (Å²) in [5, 5.41) is 3.88. The molecule has 30 heavy (non-hydrogen) atoms. The molecule has 0 saturated heterocycles. The lowest BCUT2D eigenvalue weighted by Crippen LogP contribution is -2.27. The van der Waals surface area contributed by atoms with Gasteiger partial charge in [0, 0.05) is 28.4 Å². The zero-order valence-corrected chi connectivity index (χ0v) is 17.5. The second-order valence-electron chi connectivity index (χ2n) is 6.54. The lowest BCUT2D eigenvalue weighted by molar-refractivity contribution is 0.400. The van der Waals surface area contributed by atoms with Crippen molar-refractivity contribution in [2.45, 2.75) is 25.3 Å². The van der Waals surface area contributed by atoms with Gasteiger partial charge in [-0.3, -0.25) is 4.57 Å². The van der Waals surface area contributed by atoms with Crippen molar-refractivity contribution in [1.29, 1.82) is 0 Å². The quantitative estimate of drug-likeness (QED) is 0.483. The number of benzene rings is 1. The smallest absolute Gasteiger partial charge is 0.327 e. The zero-order chi connectivity index (χ0) is 21.7. The van der Waals surface area contributed by atoms with Gasteiger partial charge in [0.05, 0.1) is 12.3 Å². The van der Waals surface area contributed by atoms with Gasteiger partial charge in [0.2, 0.25) is 0 Å². The summed E-state index contributed by atoms with van der Waals surface area (Å²) in [4.78, 5) is 14.4. The summed E-state index contributed by atoms with van der Waals surface area (Å²) in [5.41, 5.74) is 6.21. The fourth-order valence-electron chi connectivity index (χ4n) is 2.84. The molecule has 7 nitrogen and oxygen atoms in total. The molecule has 0 aliphatic heterocycles. The average Bonchev–Trinajstić information content (AvgIpc) is 3.31. The van der Waals surface area contributed by atoms with Crippen LogP contribution in [0.4, 0.5) is 8.78 Å². The minimum absolute atomic E-state index is 0.0221. The maximum absolute atomic E-state index is 12.7. The number of hydrogen-bond acceptors (Lipinski definition) is 6. The van der Waals surface area contributed by atoms with E-state index in [1.165, 1.54) is 10.9 Å². The van der Waals surface area contributed by atoms with E-state index in [-0.39, 0.29) is 24.4 Å². The van der Waals surface area contributed by atoms with Crippen molar-refractivity contribution in [1.82, 2.24) is 14.3 Å². The number of hydrogen-bond donors (Lipinski definition) is 2. The van der Waals surface area contributed by atoms with Gasteiger partial charge in [0.1, 0.15) is 17.0 Å². The lowest BCUT2D eigenvalue weighted by Gasteiger charge is -2.02. The summed E-state index contributed by atoms with van der Waals surface area (Å²) >= 11 is 1.57. The summed E-state index contributed by atoms with van der Waals surface area (Å²) in [6.45, 7) is -0.297. The molecule has 0 radical (unpaired) electrons. The van der Waals surface area contributed by atoms with Crippen LogP contribution in [0.25, 0.3) is 10.4 Å². The number of nitrogens with two attached hydrogens (primary N) is 1. The Labute approximate surface area is 177 Å². The molecule has 0 aliphatic rings. The van der Waals surface area contributed by atoms with Crippen LogP contribution in [0.15, 0.2) is 59.2 Å². The van der Waals surface area contributed by atoms with Gasteiger partial charge >= 0.3 is 5.69 Å². The Balaban J connectivity index is 1.65. The van der Waals surface area contributed by atoms with Crippen molar-refractivity contribution in [2.75, 3.05) is 6.54 Å². The molecule has 0 fully saturated rings. The van der Waals surface area contributed by atoms with Gasteiger partial charge in [-0.05, 0) is 29.7 Å². The number of aryl methyl sites for hydroxylation is 2. The van der Waals surface area contributed by atoms with Crippen LogP contribution in [0.2, 0.25) is 0 Å². The summed E-state index contributed by atoms with van der Waals surface area (Å²) in [7, 11) is -2.45. The second kappa shape index (κ2) is 9.92. The SMILES string of the molecule is NCC(Cn1ncn(CCc2ccc(-c3ccc(C[SH](=O)=O)cc3)s2)c1=O)=C(F)F. The highest BCUT2D eigenvalue weighted by Gasteiger charge is 2.11. The van der Waals surface area contributed by atoms with E-state index in [4.69, 9.17) is 5.73 Å². The van der Waals surface area contributed by atoms with Gasteiger partial charge in [0.25, 0.3) is 6.08 Å². The van der Waals surface area contributed by atoms with Crippen molar-refractivity contribution in [3.63, 3.8) is 0 Å². The molecule has 0 amide bonds. The second-order valence-corrected chi connectivity index (χ2v) is 8.69. The molecule has 0 atom stereocenters. The highest BCUT2D eigenvalue weighted by atomic mass is 32.2. The van der Waals surface area contributed by atoms with Gasteiger partial charge in [-0.1, -0.05) is 24.3 Å². The molecule has 0 spiro atoms. The van der Waals surface area contributed by atoms with Crippen LogP contribution >= 0.6 is 11.3 Å². The largest absolute Gasteiger partial charge is 0.346 e. The van der Waals surface area contributed by atoms with Crippen LogP contribution in [0.1, 0.15) is 10.4 Å². The maximum atomic E-state index is 12.7. The number of thiophene rings is 1. The fourth-order valence-corrected chi connectivity index (χ4v) is 4.35. The third kappa shape index (κ3) is 5.49. The van der Waals surface area contributed by atoms with Crippen LogP contribution in [-0.2, 0) is 36.0 Å². The molecule has 3 rings (SSSR count). The van der Waals surface area contributed by atoms with Gasteiger partial charge in [-0.2, -0.15) is 13.9 Å². The first kappa shape index (κ1) is 22.1. The molecule has 0 bridgehead atoms. The predicted molar refractivity (Wildman–Crippen MR) is 112 cm³/mol. The maximum Gasteiger partial charge on any atom is 0.346 e. The molecule has 2 aromatic heterocycles. The number of halogens is 2. The van der Waals surface area contributed by atoms with Gasteiger partial charge in [-0.25, -0.2) is 17.9 Å². The van der Waals surface area contributed by atoms with E-state index in [2.05, 4.69) is 5.10 Å². The van der Waals surface area contributed by atoms with E-state index < -0.39 is 22.5 Å². The molecule has 3 aromatic rings. The average molecular weight is 455 g/mol. The Kier molecular flexibility index (Phi) is 7.29. The van der Waals surface area contributed by atoms with Crippen molar-refractivity contribution < 1.29 is 17.2 Å². The van der Waals surface area contributed by atoms with Crippen molar-refractivity contribution in [3.05, 3.63) is 75.3 Å². The fraction of sp³-hybridized carbons (Fsp3) is 0.263. The number of rotatable bonds is 9. The van der Waals surface area contributed by atoms with Crippen LogP contribution in [-0.4, -0.2) is 29.3 Å². The molecule has 0 saturated carbocycles. The summed E-state index contributed by atoms with van der Waals surface area (Å²) in [6, 6.07) is 11.3. The number of nitrogens with zero attached hydrogens (tertiary/aromatic N) is 3. The van der Waals surface area contributed by atoms with E-state index in [0.717, 1.165) is 25.6 Å². The molecule has 2 N–H and O–H groups in total. The summed E-state index contributed by atoms with van der Waals surface area (Å²) < 4.78 is 49.4. The summed E-state index contributed by atoms with van der Waals surface area (Å²) in [6.07, 6.45) is 0.0305. The van der Waals surface area contributed by atoms with Crippen LogP contribution in [0.5, 0.6) is 0 Å². The zero-order valence-electron chi connectivity index (χ0n) is 15.8. The minimum Gasteiger partial charge on any atom is -0.327 e. The van der Waals surface area contributed by atoms with Gasteiger partial charge in [-0.15, -0.1) is 11.3 Å². The Morgan fingerprint density at radius 3 is 2.50 bits per heavy atom. The molecule has 160 valence electrons. The Bertz CT molecular complexity index is 1170. The minimum atomic E-state index is -2.45. The molecule has 2 heterocycles. The normalized spacial score (nSPS) is 11.2. The third-order valence-corrected chi connectivity index (χ3v) is 6.28. The third-order valence-electron chi connectivity index (χ3n) is 4.46. The van der Waals surface area contributed by atoms with E-state index in [0.29, 0.717) is 13.0 Å². The molecule has 0 aliphatic carbocycles. The molecule has 11 heteroatoms. The van der Waals surface area contributed by atoms with Crippen LogP contribution < -0.4 is 11.4 Å². The van der Waals surface area contributed by atoms with E-state index in [1.54, 1.807) is 23.5 Å². The van der Waals surface area contributed by atoms with E-state index >= 15 is 0 Å². The topological polar surface area (TPSA) is 100.0 Å². The van der Waals surface area contributed by atoms with E-state index in [9.17, 15) is 22.0 Å². The van der Waals surface area contributed by atoms with Crippen molar-refractivity contribution >= 4 is 22.0 Å².